The van der Waals surface area contributed by atoms with Crippen LogP contribution in [-0.4, -0.2) is 53.9 Å². The van der Waals surface area contributed by atoms with Crippen molar-refractivity contribution in [2.24, 2.45) is 11.1 Å². The topological polar surface area (TPSA) is 106 Å². The van der Waals surface area contributed by atoms with Crippen LogP contribution in [0.5, 0.6) is 0 Å². The smallest absolute Gasteiger partial charge is 0.276 e. The minimum absolute atomic E-state index is 0.398. The van der Waals surface area contributed by atoms with Gasteiger partial charge in [0.15, 0.2) is 5.82 Å². The van der Waals surface area contributed by atoms with E-state index in [1.54, 1.807) is 0 Å². The van der Waals surface area contributed by atoms with Crippen molar-refractivity contribution in [2.45, 2.75) is 26.8 Å². The average Bonchev–Trinajstić information content (AvgIpc) is 2.75. The van der Waals surface area contributed by atoms with E-state index in [4.69, 9.17) is 9.66 Å². The van der Waals surface area contributed by atoms with Gasteiger partial charge >= 0.3 is 0 Å². The molecule has 1 aliphatic heterocycles. The molecule has 1 aromatic heterocycles. The predicted molar refractivity (Wildman–Crippen MR) is 72.8 cm³/mol. The first kappa shape index (κ1) is 15.4. The summed E-state index contributed by atoms with van der Waals surface area (Å²) in [6.45, 7) is 6.78. The highest BCUT2D eigenvalue weighted by Gasteiger charge is 2.24. The molecule has 0 aromatic carbocycles. The highest BCUT2D eigenvalue weighted by atomic mass is 32.2. The van der Waals surface area contributed by atoms with Crippen LogP contribution in [0.3, 0.4) is 0 Å². The zero-order valence-corrected chi connectivity index (χ0v) is 12.6. The lowest BCUT2D eigenvalue weighted by atomic mass is 10.1. The van der Waals surface area contributed by atoms with Gasteiger partial charge in [0, 0.05) is 32.6 Å². The maximum absolute atomic E-state index is 11.2. The third kappa shape index (κ3) is 4.23. The first-order valence-electron chi connectivity index (χ1n) is 6.66. The summed E-state index contributed by atoms with van der Waals surface area (Å²) in [6, 6.07) is 0. The Morgan fingerprint density at radius 3 is 2.50 bits per heavy atom. The quantitative estimate of drug-likeness (QED) is 0.792. The number of piperazine rings is 1. The molecule has 8 nitrogen and oxygen atoms in total. The molecule has 1 fully saturated rings. The van der Waals surface area contributed by atoms with Crippen molar-refractivity contribution in [1.82, 2.24) is 19.3 Å². The molecular weight excluding hydrogens is 282 g/mol. The summed E-state index contributed by atoms with van der Waals surface area (Å²) in [4.78, 5) is 6.43. The molecule has 2 heterocycles. The van der Waals surface area contributed by atoms with Crippen LogP contribution in [0, 0.1) is 5.92 Å². The van der Waals surface area contributed by atoms with Crippen LogP contribution >= 0.6 is 0 Å². The molecule has 0 spiro atoms. The van der Waals surface area contributed by atoms with E-state index >= 15 is 0 Å². The second-order valence-corrected chi connectivity index (χ2v) is 6.97. The lowest BCUT2D eigenvalue weighted by Gasteiger charge is -2.31. The van der Waals surface area contributed by atoms with E-state index in [-0.39, 0.29) is 0 Å². The lowest BCUT2D eigenvalue weighted by molar-refractivity contribution is 0.176. The Kier molecular flexibility index (Phi) is 4.74. The molecule has 0 bridgehead atoms. The fourth-order valence-corrected chi connectivity index (χ4v) is 2.80. The van der Waals surface area contributed by atoms with Gasteiger partial charge in [-0.25, -0.2) is 5.14 Å². The summed E-state index contributed by atoms with van der Waals surface area (Å²) in [5.74, 6) is 1.77. The van der Waals surface area contributed by atoms with E-state index in [0.29, 0.717) is 50.4 Å². The van der Waals surface area contributed by atoms with E-state index in [1.165, 1.54) is 4.31 Å². The maximum Gasteiger partial charge on any atom is 0.276 e. The molecule has 0 saturated carbocycles. The van der Waals surface area contributed by atoms with Gasteiger partial charge in [-0.05, 0) is 5.92 Å². The molecule has 0 aliphatic carbocycles. The maximum atomic E-state index is 11.2. The van der Waals surface area contributed by atoms with Crippen molar-refractivity contribution in [3.8, 4) is 0 Å². The fraction of sp³-hybridized carbons (Fsp3) is 0.818. The molecule has 0 atom stereocenters. The zero-order chi connectivity index (χ0) is 14.8. The zero-order valence-electron chi connectivity index (χ0n) is 11.8. The fourth-order valence-electron chi connectivity index (χ4n) is 2.13. The normalized spacial score (nSPS) is 18.8. The first-order valence-corrected chi connectivity index (χ1v) is 8.16. The predicted octanol–water partition coefficient (Wildman–Crippen LogP) is -0.411. The van der Waals surface area contributed by atoms with Crippen LogP contribution in [0.1, 0.15) is 25.6 Å². The second-order valence-electron chi connectivity index (χ2n) is 5.42. The molecule has 1 saturated heterocycles. The van der Waals surface area contributed by atoms with Gasteiger partial charge in [-0.1, -0.05) is 19.0 Å². The molecule has 20 heavy (non-hydrogen) atoms. The molecule has 1 aliphatic rings. The molecule has 0 unspecified atom stereocenters. The van der Waals surface area contributed by atoms with Crippen LogP contribution in [0.2, 0.25) is 0 Å². The number of rotatable bonds is 5. The van der Waals surface area contributed by atoms with E-state index < -0.39 is 10.2 Å². The van der Waals surface area contributed by atoms with E-state index in [0.717, 1.165) is 6.42 Å². The molecule has 114 valence electrons. The minimum atomic E-state index is -3.57. The summed E-state index contributed by atoms with van der Waals surface area (Å²) in [6.07, 6.45) is 0.770. The molecular formula is C11H21N5O3S. The van der Waals surface area contributed by atoms with Crippen LogP contribution in [0.25, 0.3) is 0 Å². The Hall–Kier alpha value is -1.03. The van der Waals surface area contributed by atoms with Crippen molar-refractivity contribution in [2.75, 3.05) is 26.2 Å². The number of nitrogens with zero attached hydrogens (tertiary/aromatic N) is 4. The summed E-state index contributed by atoms with van der Waals surface area (Å²) in [7, 11) is -3.57. The molecule has 1 aromatic rings. The van der Waals surface area contributed by atoms with Crippen LogP contribution in [0.4, 0.5) is 0 Å². The highest BCUT2D eigenvalue weighted by Crippen LogP contribution is 2.10. The monoisotopic (exact) mass is 303 g/mol. The average molecular weight is 303 g/mol. The van der Waals surface area contributed by atoms with Gasteiger partial charge < -0.3 is 4.52 Å². The second kappa shape index (κ2) is 6.17. The number of hydrogen-bond acceptors (Lipinski definition) is 6. The Morgan fingerprint density at radius 2 is 1.95 bits per heavy atom. The van der Waals surface area contributed by atoms with Crippen molar-refractivity contribution in [1.29, 1.82) is 0 Å². The van der Waals surface area contributed by atoms with Crippen molar-refractivity contribution in [3.05, 3.63) is 11.7 Å². The number of hydrogen-bond donors (Lipinski definition) is 1. The van der Waals surface area contributed by atoms with E-state index in [2.05, 4.69) is 28.9 Å². The van der Waals surface area contributed by atoms with Crippen LogP contribution in [-0.2, 0) is 23.2 Å². The summed E-state index contributed by atoms with van der Waals surface area (Å²) in [5, 5.41) is 9.04. The summed E-state index contributed by atoms with van der Waals surface area (Å²) >= 11 is 0. The first-order chi connectivity index (χ1) is 9.34. The highest BCUT2D eigenvalue weighted by molar-refractivity contribution is 7.86. The minimum Gasteiger partial charge on any atom is -0.339 e. The summed E-state index contributed by atoms with van der Waals surface area (Å²) in [5.41, 5.74) is 0. The largest absolute Gasteiger partial charge is 0.339 e. The Morgan fingerprint density at radius 1 is 1.30 bits per heavy atom. The van der Waals surface area contributed by atoms with Gasteiger partial charge in [-0.2, -0.15) is 17.7 Å². The van der Waals surface area contributed by atoms with Gasteiger partial charge in [-0.3, -0.25) is 4.90 Å². The van der Waals surface area contributed by atoms with Crippen molar-refractivity contribution < 1.29 is 12.9 Å². The molecule has 9 heteroatoms. The Bertz CT molecular complexity index is 534. The van der Waals surface area contributed by atoms with Gasteiger partial charge in [0.1, 0.15) is 0 Å². The van der Waals surface area contributed by atoms with Crippen LogP contribution < -0.4 is 5.14 Å². The number of aromatic nitrogens is 2. The van der Waals surface area contributed by atoms with Crippen molar-refractivity contribution in [3.63, 3.8) is 0 Å². The van der Waals surface area contributed by atoms with Gasteiger partial charge in [-0.15, -0.1) is 0 Å². The standard InChI is InChI=1S/C11H21N5O3S/c1-9(2)7-11-13-10(14-19-11)8-15-3-5-16(6-4-15)20(12,17)18/h9H,3-8H2,1-2H3,(H2,12,17,18). The summed E-state index contributed by atoms with van der Waals surface area (Å²) < 4.78 is 28.9. The van der Waals surface area contributed by atoms with Gasteiger partial charge in [0.05, 0.1) is 6.54 Å². The molecule has 0 amide bonds. The third-order valence-electron chi connectivity index (χ3n) is 3.15. The third-order valence-corrected chi connectivity index (χ3v) is 4.23. The molecule has 2 rings (SSSR count). The van der Waals surface area contributed by atoms with Crippen molar-refractivity contribution >= 4 is 10.2 Å². The molecule has 2 N–H and O–H groups in total. The Balaban J connectivity index is 1.85. The Labute approximate surface area is 119 Å². The van der Waals surface area contributed by atoms with E-state index in [9.17, 15) is 8.42 Å². The molecule has 0 radical (unpaired) electrons. The van der Waals surface area contributed by atoms with Gasteiger partial charge in [0.2, 0.25) is 5.89 Å². The SMILES string of the molecule is CC(C)Cc1nc(CN2CCN(S(N)(=O)=O)CC2)no1. The van der Waals surface area contributed by atoms with E-state index in [1.807, 2.05) is 0 Å². The lowest BCUT2D eigenvalue weighted by Crippen LogP contribution is -2.50. The van der Waals surface area contributed by atoms with Gasteiger partial charge in [0.25, 0.3) is 10.2 Å². The van der Waals surface area contributed by atoms with Crippen LogP contribution in [0.15, 0.2) is 4.52 Å². The number of nitrogens with two attached hydrogens (primary N) is 1.